The van der Waals surface area contributed by atoms with E-state index in [1.807, 2.05) is 31.2 Å². The molecule has 1 atom stereocenters. The van der Waals surface area contributed by atoms with Gasteiger partial charge in [-0.1, -0.05) is 35.9 Å². The third kappa shape index (κ3) is 3.04. The standard InChI is InChI=1S/C15H15NO3/c1-10-6-8-11(9-7-10)16-14(15(18)19)12-4-2-3-5-13(12)17/h2-9,14,16-17H,1H3,(H,18,19). The normalized spacial score (nSPS) is 11.8. The molecule has 1 unspecified atom stereocenters. The SMILES string of the molecule is Cc1ccc(NC(C(=O)O)c2ccccc2O)cc1. The first-order valence-corrected chi connectivity index (χ1v) is 5.92. The number of carboxylic acid groups (broad SMARTS) is 1. The van der Waals surface area contributed by atoms with Crippen molar-refractivity contribution in [3.05, 3.63) is 59.7 Å². The number of phenolic OH excluding ortho intramolecular Hbond substituents is 1. The predicted octanol–water partition coefficient (Wildman–Crippen LogP) is 2.94. The number of phenols is 1. The molecule has 0 spiro atoms. The van der Waals surface area contributed by atoms with Crippen LogP contribution in [-0.2, 0) is 4.79 Å². The number of nitrogens with one attached hydrogen (secondary N) is 1. The van der Waals surface area contributed by atoms with Crippen molar-refractivity contribution in [2.75, 3.05) is 5.32 Å². The van der Waals surface area contributed by atoms with Crippen LogP contribution in [0.5, 0.6) is 5.75 Å². The van der Waals surface area contributed by atoms with Crippen molar-refractivity contribution in [1.29, 1.82) is 0 Å². The van der Waals surface area contributed by atoms with E-state index in [9.17, 15) is 15.0 Å². The molecule has 0 aliphatic heterocycles. The molecule has 19 heavy (non-hydrogen) atoms. The molecule has 4 nitrogen and oxygen atoms in total. The van der Waals surface area contributed by atoms with Crippen LogP contribution >= 0.6 is 0 Å². The van der Waals surface area contributed by atoms with Crippen molar-refractivity contribution >= 4 is 11.7 Å². The van der Waals surface area contributed by atoms with Crippen LogP contribution in [0.25, 0.3) is 0 Å². The fourth-order valence-corrected chi connectivity index (χ4v) is 1.82. The molecule has 0 amide bonds. The Morgan fingerprint density at radius 3 is 2.32 bits per heavy atom. The zero-order valence-electron chi connectivity index (χ0n) is 10.5. The smallest absolute Gasteiger partial charge is 0.330 e. The monoisotopic (exact) mass is 257 g/mol. The maximum absolute atomic E-state index is 11.3. The van der Waals surface area contributed by atoms with Gasteiger partial charge in [0.15, 0.2) is 6.04 Å². The largest absolute Gasteiger partial charge is 0.508 e. The molecule has 0 aliphatic rings. The van der Waals surface area contributed by atoms with Gasteiger partial charge in [-0.05, 0) is 25.1 Å². The average Bonchev–Trinajstić information content (AvgIpc) is 2.39. The van der Waals surface area contributed by atoms with Crippen LogP contribution < -0.4 is 5.32 Å². The molecule has 0 aromatic heterocycles. The summed E-state index contributed by atoms with van der Waals surface area (Å²) in [6.45, 7) is 1.96. The van der Waals surface area contributed by atoms with E-state index in [0.29, 0.717) is 11.3 Å². The Morgan fingerprint density at radius 2 is 1.74 bits per heavy atom. The Kier molecular flexibility index (Phi) is 3.71. The molecule has 0 radical (unpaired) electrons. The van der Waals surface area contributed by atoms with Crippen molar-refractivity contribution in [3.8, 4) is 5.75 Å². The molecular weight excluding hydrogens is 242 g/mol. The Bertz CT molecular complexity index is 578. The molecule has 0 saturated carbocycles. The van der Waals surface area contributed by atoms with Crippen LogP contribution in [0.4, 0.5) is 5.69 Å². The van der Waals surface area contributed by atoms with Crippen molar-refractivity contribution < 1.29 is 15.0 Å². The third-order valence-corrected chi connectivity index (χ3v) is 2.86. The summed E-state index contributed by atoms with van der Waals surface area (Å²) in [6.07, 6.45) is 0. The Hall–Kier alpha value is -2.49. The van der Waals surface area contributed by atoms with Gasteiger partial charge in [0.2, 0.25) is 0 Å². The van der Waals surface area contributed by atoms with Crippen LogP contribution in [0.1, 0.15) is 17.2 Å². The predicted molar refractivity (Wildman–Crippen MR) is 73.3 cm³/mol. The van der Waals surface area contributed by atoms with Gasteiger partial charge in [0, 0.05) is 11.3 Å². The second-order valence-corrected chi connectivity index (χ2v) is 4.34. The van der Waals surface area contributed by atoms with Crippen LogP contribution in [0.2, 0.25) is 0 Å². The third-order valence-electron chi connectivity index (χ3n) is 2.86. The maximum atomic E-state index is 11.3. The van der Waals surface area contributed by atoms with E-state index in [0.717, 1.165) is 5.56 Å². The van der Waals surface area contributed by atoms with E-state index >= 15 is 0 Å². The lowest BCUT2D eigenvalue weighted by molar-refractivity contribution is -0.138. The number of hydrogen-bond acceptors (Lipinski definition) is 3. The van der Waals surface area contributed by atoms with Crippen molar-refractivity contribution in [2.24, 2.45) is 0 Å². The van der Waals surface area contributed by atoms with Crippen molar-refractivity contribution in [1.82, 2.24) is 0 Å². The molecule has 0 heterocycles. The second kappa shape index (κ2) is 5.44. The number of rotatable bonds is 4. The van der Waals surface area contributed by atoms with Gasteiger partial charge in [-0.3, -0.25) is 0 Å². The molecule has 0 bridgehead atoms. The highest BCUT2D eigenvalue weighted by molar-refractivity contribution is 5.80. The lowest BCUT2D eigenvalue weighted by Crippen LogP contribution is -2.20. The summed E-state index contributed by atoms with van der Waals surface area (Å²) >= 11 is 0. The van der Waals surface area contributed by atoms with E-state index in [2.05, 4.69) is 5.32 Å². The molecule has 0 fully saturated rings. The number of carbonyl (C=O) groups is 1. The van der Waals surface area contributed by atoms with Crippen LogP contribution in [0.3, 0.4) is 0 Å². The summed E-state index contributed by atoms with van der Waals surface area (Å²) in [4.78, 5) is 11.3. The lowest BCUT2D eigenvalue weighted by atomic mass is 10.1. The summed E-state index contributed by atoms with van der Waals surface area (Å²) in [7, 11) is 0. The molecule has 2 aromatic rings. The molecule has 0 aliphatic carbocycles. The van der Waals surface area contributed by atoms with E-state index in [1.54, 1.807) is 18.2 Å². The highest BCUT2D eigenvalue weighted by Gasteiger charge is 2.22. The minimum absolute atomic E-state index is 0.0329. The van der Waals surface area contributed by atoms with Crippen LogP contribution in [0, 0.1) is 6.92 Å². The number of aryl methyl sites for hydroxylation is 1. The first kappa shape index (κ1) is 13.0. The second-order valence-electron chi connectivity index (χ2n) is 4.34. The van der Waals surface area contributed by atoms with Gasteiger partial charge in [-0.15, -0.1) is 0 Å². The van der Waals surface area contributed by atoms with E-state index < -0.39 is 12.0 Å². The Morgan fingerprint density at radius 1 is 1.11 bits per heavy atom. The van der Waals surface area contributed by atoms with Crippen molar-refractivity contribution in [3.63, 3.8) is 0 Å². The number of hydrogen-bond donors (Lipinski definition) is 3. The fourth-order valence-electron chi connectivity index (χ4n) is 1.82. The number of benzene rings is 2. The number of para-hydroxylation sites is 1. The summed E-state index contributed by atoms with van der Waals surface area (Å²) in [6, 6.07) is 12.8. The minimum Gasteiger partial charge on any atom is -0.508 e. The highest BCUT2D eigenvalue weighted by atomic mass is 16.4. The van der Waals surface area contributed by atoms with Crippen LogP contribution in [-0.4, -0.2) is 16.2 Å². The van der Waals surface area contributed by atoms with Gasteiger partial charge in [0.05, 0.1) is 0 Å². The van der Waals surface area contributed by atoms with Gasteiger partial charge < -0.3 is 15.5 Å². The topological polar surface area (TPSA) is 69.6 Å². The molecule has 3 N–H and O–H groups in total. The van der Waals surface area contributed by atoms with Crippen molar-refractivity contribution in [2.45, 2.75) is 13.0 Å². The summed E-state index contributed by atoms with van der Waals surface area (Å²) in [5.41, 5.74) is 2.14. The first-order valence-electron chi connectivity index (χ1n) is 5.92. The fraction of sp³-hybridized carbons (Fsp3) is 0.133. The molecule has 0 saturated heterocycles. The maximum Gasteiger partial charge on any atom is 0.330 e. The average molecular weight is 257 g/mol. The van der Waals surface area contributed by atoms with E-state index in [4.69, 9.17) is 0 Å². The molecule has 2 aromatic carbocycles. The number of carboxylic acids is 1. The highest BCUT2D eigenvalue weighted by Crippen LogP contribution is 2.27. The zero-order chi connectivity index (χ0) is 13.8. The zero-order valence-corrected chi connectivity index (χ0v) is 10.5. The van der Waals surface area contributed by atoms with Gasteiger partial charge in [0.1, 0.15) is 5.75 Å². The van der Waals surface area contributed by atoms with Gasteiger partial charge >= 0.3 is 5.97 Å². The molecule has 98 valence electrons. The van der Waals surface area contributed by atoms with Gasteiger partial charge in [-0.2, -0.15) is 0 Å². The van der Waals surface area contributed by atoms with E-state index in [1.165, 1.54) is 6.07 Å². The minimum atomic E-state index is -1.04. The number of anilines is 1. The quantitative estimate of drug-likeness (QED) is 0.787. The van der Waals surface area contributed by atoms with Gasteiger partial charge in [-0.25, -0.2) is 4.79 Å². The Balaban J connectivity index is 2.29. The molecular formula is C15H15NO3. The summed E-state index contributed by atoms with van der Waals surface area (Å²) in [5, 5.41) is 21.9. The summed E-state index contributed by atoms with van der Waals surface area (Å²) in [5.74, 6) is -1.07. The molecule has 2 rings (SSSR count). The molecule has 4 heteroatoms. The summed E-state index contributed by atoms with van der Waals surface area (Å²) < 4.78 is 0. The number of aromatic hydroxyl groups is 1. The van der Waals surface area contributed by atoms with Gasteiger partial charge in [0.25, 0.3) is 0 Å². The first-order chi connectivity index (χ1) is 9.08. The number of aliphatic carboxylic acids is 1. The van der Waals surface area contributed by atoms with E-state index in [-0.39, 0.29) is 5.75 Å². The Labute approximate surface area is 111 Å². The van der Waals surface area contributed by atoms with Crippen LogP contribution in [0.15, 0.2) is 48.5 Å². The lowest BCUT2D eigenvalue weighted by Gasteiger charge is -2.17.